The highest BCUT2D eigenvalue weighted by Crippen LogP contribution is 2.08. The Labute approximate surface area is 93.9 Å². The summed E-state index contributed by atoms with van der Waals surface area (Å²) < 4.78 is 0. The molecule has 3 nitrogen and oxygen atoms in total. The maximum Gasteiger partial charge on any atom is 0.335 e. The number of likely N-dealkylation sites (N-methyl/N-ethyl adjacent to an activating group) is 1. The molecule has 4 heteroatoms. The van der Waals surface area contributed by atoms with E-state index in [0.29, 0.717) is 5.56 Å². The number of aromatic carboxylic acids is 1. The molecule has 0 fully saturated rings. The third-order valence-electron chi connectivity index (χ3n) is 1.89. The molecular formula is C10H14BrNO2. The first-order valence-corrected chi connectivity index (χ1v) is 4.21. The van der Waals surface area contributed by atoms with Crippen molar-refractivity contribution >= 4 is 23.0 Å². The highest BCUT2D eigenvalue weighted by Gasteiger charge is 2.07. The molecule has 1 rings (SSSR count). The van der Waals surface area contributed by atoms with Crippen LogP contribution >= 0.6 is 17.0 Å². The van der Waals surface area contributed by atoms with Gasteiger partial charge in [0.25, 0.3) is 0 Å². The number of nitrogens with one attached hydrogen (secondary N) is 1. The Hall–Kier alpha value is -0.870. The second-order valence-corrected chi connectivity index (χ2v) is 2.82. The van der Waals surface area contributed by atoms with Crippen LogP contribution in [-0.2, 0) is 6.42 Å². The standard InChI is InChI=1S/C10H13NO2.BrH/c1-11-7-6-8-4-2-3-5-9(8)10(12)13;/h2-5,11H,6-7H2,1H3,(H,12,13);1H. The fourth-order valence-corrected chi connectivity index (χ4v) is 1.21. The first-order chi connectivity index (χ1) is 6.25. The maximum atomic E-state index is 10.8. The maximum absolute atomic E-state index is 10.8. The second kappa shape index (κ2) is 6.56. The van der Waals surface area contributed by atoms with Crippen molar-refractivity contribution in [2.75, 3.05) is 13.6 Å². The lowest BCUT2D eigenvalue weighted by Crippen LogP contribution is -2.12. The number of halogens is 1. The number of carboxylic acids is 1. The fraction of sp³-hybridized carbons (Fsp3) is 0.300. The summed E-state index contributed by atoms with van der Waals surface area (Å²) in [6.45, 7) is 0.796. The van der Waals surface area contributed by atoms with Crippen LogP contribution in [0.5, 0.6) is 0 Å². The van der Waals surface area contributed by atoms with Gasteiger partial charge in [-0.05, 0) is 31.6 Å². The molecule has 1 aromatic carbocycles. The van der Waals surface area contributed by atoms with Gasteiger partial charge in [-0.3, -0.25) is 0 Å². The van der Waals surface area contributed by atoms with Crippen molar-refractivity contribution in [3.8, 4) is 0 Å². The van der Waals surface area contributed by atoms with Gasteiger partial charge in [0, 0.05) is 0 Å². The minimum Gasteiger partial charge on any atom is -0.478 e. The van der Waals surface area contributed by atoms with Crippen LogP contribution in [0.25, 0.3) is 0 Å². The van der Waals surface area contributed by atoms with Crippen LogP contribution < -0.4 is 5.32 Å². The predicted octanol–water partition coefficient (Wildman–Crippen LogP) is 1.72. The molecule has 0 amide bonds. The lowest BCUT2D eigenvalue weighted by atomic mass is 10.1. The van der Waals surface area contributed by atoms with Gasteiger partial charge in [-0.1, -0.05) is 18.2 Å². The topological polar surface area (TPSA) is 49.3 Å². The highest BCUT2D eigenvalue weighted by molar-refractivity contribution is 8.93. The predicted molar refractivity (Wildman–Crippen MR) is 61.4 cm³/mol. The Bertz CT molecular complexity index is 302. The number of carbonyl (C=O) groups is 1. The minimum absolute atomic E-state index is 0. The fourth-order valence-electron chi connectivity index (χ4n) is 1.21. The van der Waals surface area contributed by atoms with Crippen molar-refractivity contribution in [3.63, 3.8) is 0 Å². The van der Waals surface area contributed by atoms with Gasteiger partial charge in [0.15, 0.2) is 0 Å². The van der Waals surface area contributed by atoms with Gasteiger partial charge in [-0.2, -0.15) is 0 Å². The van der Waals surface area contributed by atoms with Gasteiger partial charge < -0.3 is 10.4 Å². The van der Waals surface area contributed by atoms with Gasteiger partial charge in [0.1, 0.15) is 0 Å². The van der Waals surface area contributed by atoms with Crippen molar-refractivity contribution in [1.29, 1.82) is 0 Å². The minimum atomic E-state index is -0.855. The summed E-state index contributed by atoms with van der Waals surface area (Å²) in [6, 6.07) is 7.08. The van der Waals surface area contributed by atoms with E-state index in [9.17, 15) is 4.79 Å². The normalized spacial score (nSPS) is 9.21. The number of rotatable bonds is 4. The molecule has 0 aliphatic rings. The number of hydrogen-bond acceptors (Lipinski definition) is 2. The molecule has 0 spiro atoms. The molecule has 0 atom stereocenters. The van der Waals surface area contributed by atoms with E-state index in [1.807, 2.05) is 19.2 Å². The number of hydrogen-bond donors (Lipinski definition) is 2. The lowest BCUT2D eigenvalue weighted by Gasteiger charge is -2.04. The van der Waals surface area contributed by atoms with E-state index in [-0.39, 0.29) is 17.0 Å². The Kier molecular flexibility index (Phi) is 6.16. The number of benzene rings is 1. The van der Waals surface area contributed by atoms with Crippen LogP contribution in [0.2, 0.25) is 0 Å². The van der Waals surface area contributed by atoms with E-state index in [1.54, 1.807) is 12.1 Å². The zero-order valence-electron chi connectivity index (χ0n) is 7.99. The van der Waals surface area contributed by atoms with E-state index in [4.69, 9.17) is 5.11 Å². The molecule has 0 bridgehead atoms. The van der Waals surface area contributed by atoms with Crippen molar-refractivity contribution in [2.45, 2.75) is 6.42 Å². The van der Waals surface area contributed by atoms with Crippen LogP contribution in [0.3, 0.4) is 0 Å². The molecule has 0 aliphatic heterocycles. The Morgan fingerprint density at radius 2 is 2.07 bits per heavy atom. The molecule has 0 saturated carbocycles. The van der Waals surface area contributed by atoms with E-state index in [0.717, 1.165) is 18.5 Å². The molecule has 0 heterocycles. The molecule has 0 saturated heterocycles. The van der Waals surface area contributed by atoms with Crippen molar-refractivity contribution in [3.05, 3.63) is 35.4 Å². The van der Waals surface area contributed by atoms with Crippen LogP contribution in [0.15, 0.2) is 24.3 Å². The Balaban J connectivity index is 0.00000169. The lowest BCUT2D eigenvalue weighted by molar-refractivity contribution is 0.0695. The van der Waals surface area contributed by atoms with Gasteiger partial charge in [-0.25, -0.2) is 4.79 Å². The summed E-state index contributed by atoms with van der Waals surface area (Å²) in [5, 5.41) is 11.8. The van der Waals surface area contributed by atoms with Crippen molar-refractivity contribution in [1.82, 2.24) is 5.32 Å². The molecular weight excluding hydrogens is 246 g/mol. The zero-order chi connectivity index (χ0) is 9.68. The third kappa shape index (κ3) is 3.47. The molecule has 1 aromatic rings. The average Bonchev–Trinajstić information content (AvgIpc) is 2.15. The van der Waals surface area contributed by atoms with Crippen LogP contribution in [0.4, 0.5) is 0 Å². The van der Waals surface area contributed by atoms with E-state index < -0.39 is 5.97 Å². The zero-order valence-corrected chi connectivity index (χ0v) is 9.70. The van der Waals surface area contributed by atoms with E-state index >= 15 is 0 Å². The van der Waals surface area contributed by atoms with E-state index in [1.165, 1.54) is 0 Å². The first-order valence-electron chi connectivity index (χ1n) is 4.21. The molecule has 0 radical (unpaired) electrons. The summed E-state index contributed by atoms with van der Waals surface area (Å²) in [6.07, 6.45) is 0.749. The Morgan fingerprint density at radius 1 is 1.43 bits per heavy atom. The molecule has 78 valence electrons. The van der Waals surface area contributed by atoms with Gasteiger partial charge in [-0.15, -0.1) is 17.0 Å². The summed E-state index contributed by atoms with van der Waals surface area (Å²) in [5.41, 5.74) is 1.28. The first kappa shape index (κ1) is 13.1. The molecule has 0 aromatic heterocycles. The average molecular weight is 260 g/mol. The Morgan fingerprint density at radius 3 is 2.64 bits per heavy atom. The number of carboxylic acid groups (broad SMARTS) is 1. The quantitative estimate of drug-likeness (QED) is 0.866. The second-order valence-electron chi connectivity index (χ2n) is 2.82. The van der Waals surface area contributed by atoms with E-state index in [2.05, 4.69) is 5.32 Å². The summed E-state index contributed by atoms with van der Waals surface area (Å²) in [4.78, 5) is 10.8. The van der Waals surface area contributed by atoms with Crippen molar-refractivity contribution < 1.29 is 9.90 Å². The summed E-state index contributed by atoms with van der Waals surface area (Å²) in [5.74, 6) is -0.855. The van der Waals surface area contributed by atoms with Crippen LogP contribution in [0.1, 0.15) is 15.9 Å². The largest absolute Gasteiger partial charge is 0.478 e. The molecule has 0 unspecified atom stereocenters. The van der Waals surface area contributed by atoms with Crippen molar-refractivity contribution in [2.24, 2.45) is 0 Å². The smallest absolute Gasteiger partial charge is 0.335 e. The van der Waals surface area contributed by atoms with Gasteiger partial charge in [0.05, 0.1) is 5.56 Å². The third-order valence-corrected chi connectivity index (χ3v) is 1.89. The van der Waals surface area contributed by atoms with Crippen LogP contribution in [-0.4, -0.2) is 24.7 Å². The van der Waals surface area contributed by atoms with Gasteiger partial charge >= 0.3 is 5.97 Å². The highest BCUT2D eigenvalue weighted by atomic mass is 79.9. The molecule has 14 heavy (non-hydrogen) atoms. The summed E-state index contributed by atoms with van der Waals surface area (Å²) in [7, 11) is 1.85. The SMILES string of the molecule is Br.CNCCc1ccccc1C(=O)O. The van der Waals surface area contributed by atoms with Gasteiger partial charge in [0.2, 0.25) is 0 Å². The molecule has 2 N–H and O–H groups in total. The monoisotopic (exact) mass is 259 g/mol. The van der Waals surface area contributed by atoms with Crippen LogP contribution in [0, 0.1) is 0 Å². The summed E-state index contributed by atoms with van der Waals surface area (Å²) >= 11 is 0. The molecule has 0 aliphatic carbocycles.